The van der Waals surface area contributed by atoms with Crippen LogP contribution in [-0.4, -0.2) is 12.0 Å². The summed E-state index contributed by atoms with van der Waals surface area (Å²) in [7, 11) is 0. The highest BCUT2D eigenvalue weighted by Crippen LogP contribution is 2.33. The maximum atomic E-state index is 11.3. The fraction of sp³-hybridized carbons (Fsp3) is 0.182. The van der Waals surface area contributed by atoms with E-state index in [1.807, 2.05) is 18.2 Å². The van der Waals surface area contributed by atoms with Crippen LogP contribution in [0.3, 0.4) is 0 Å². The molecule has 1 atom stereocenters. The summed E-state index contributed by atoms with van der Waals surface area (Å²) in [5, 5.41) is 2.77. The molecule has 1 aromatic carbocycles. The van der Waals surface area contributed by atoms with Crippen LogP contribution < -0.4 is 10.1 Å². The van der Waals surface area contributed by atoms with Gasteiger partial charge in [-0.05, 0) is 13.0 Å². The predicted molar refractivity (Wildman–Crippen MR) is 55.3 cm³/mol. The van der Waals surface area contributed by atoms with Gasteiger partial charge in [0.15, 0.2) is 11.9 Å². The van der Waals surface area contributed by atoms with Crippen molar-refractivity contribution in [3.63, 3.8) is 0 Å². The lowest BCUT2D eigenvalue weighted by Crippen LogP contribution is -2.34. The van der Waals surface area contributed by atoms with Crippen molar-refractivity contribution in [2.75, 3.05) is 5.32 Å². The fourth-order valence-electron chi connectivity index (χ4n) is 1.41. The molecule has 0 fully saturated rings. The van der Waals surface area contributed by atoms with E-state index in [1.165, 1.54) is 0 Å². The van der Waals surface area contributed by atoms with Crippen LogP contribution >= 0.6 is 0 Å². The molecule has 0 bridgehead atoms. The lowest BCUT2D eigenvalue weighted by atomic mass is 10.1. The number of carbonyl (C=O) groups is 1. The number of benzene rings is 1. The molecule has 2 rings (SSSR count). The van der Waals surface area contributed by atoms with Gasteiger partial charge in [-0.1, -0.05) is 24.8 Å². The highest BCUT2D eigenvalue weighted by molar-refractivity contribution is 5.98. The van der Waals surface area contributed by atoms with E-state index in [-0.39, 0.29) is 5.91 Å². The van der Waals surface area contributed by atoms with Crippen LogP contribution in [0.1, 0.15) is 12.5 Å². The highest BCUT2D eigenvalue weighted by atomic mass is 16.5. The molecule has 0 aromatic heterocycles. The van der Waals surface area contributed by atoms with Crippen LogP contribution in [0, 0.1) is 0 Å². The maximum Gasteiger partial charge on any atom is 0.265 e. The summed E-state index contributed by atoms with van der Waals surface area (Å²) in [6.07, 6.45) is 1.27. The molecule has 0 aliphatic carbocycles. The summed E-state index contributed by atoms with van der Waals surface area (Å²) < 4.78 is 5.48. The first kappa shape index (κ1) is 8.81. The summed E-state index contributed by atoms with van der Waals surface area (Å²) in [4.78, 5) is 11.3. The van der Waals surface area contributed by atoms with Gasteiger partial charge in [0.2, 0.25) is 0 Å². The van der Waals surface area contributed by atoms with Crippen molar-refractivity contribution in [1.29, 1.82) is 0 Å². The Hall–Kier alpha value is -1.77. The Balaban J connectivity index is 2.51. The number of carbonyl (C=O) groups excluding carboxylic acids is 1. The van der Waals surface area contributed by atoms with Gasteiger partial charge in [-0.2, -0.15) is 0 Å². The normalized spacial score (nSPS) is 19.2. The van der Waals surface area contributed by atoms with E-state index >= 15 is 0 Å². The minimum Gasteiger partial charge on any atom is -0.478 e. The SMILES string of the molecule is C=Cc1cccc2c1OC(C)C(=O)N2. The number of ether oxygens (including phenoxy) is 1. The topological polar surface area (TPSA) is 38.3 Å². The lowest BCUT2D eigenvalue weighted by molar-refractivity contribution is -0.122. The smallest absolute Gasteiger partial charge is 0.265 e. The molecule has 1 aliphatic heterocycles. The standard InChI is InChI=1S/C11H11NO2/c1-3-8-5-4-6-9-10(8)14-7(2)11(13)12-9/h3-7H,1H2,2H3,(H,12,13). The van der Waals surface area contributed by atoms with Crippen LogP contribution in [0.25, 0.3) is 6.08 Å². The number of hydrogen-bond acceptors (Lipinski definition) is 2. The van der Waals surface area contributed by atoms with Gasteiger partial charge in [-0.25, -0.2) is 0 Å². The number of para-hydroxylation sites is 1. The number of fused-ring (bicyclic) bond motifs is 1. The molecule has 1 N–H and O–H groups in total. The predicted octanol–water partition coefficient (Wildman–Crippen LogP) is 2.05. The largest absolute Gasteiger partial charge is 0.478 e. The van der Waals surface area contributed by atoms with Gasteiger partial charge in [0.05, 0.1) is 5.69 Å². The summed E-state index contributed by atoms with van der Waals surface area (Å²) in [5.41, 5.74) is 1.61. The molecule has 0 radical (unpaired) electrons. The zero-order chi connectivity index (χ0) is 10.1. The van der Waals surface area contributed by atoms with Gasteiger partial charge in [-0.3, -0.25) is 4.79 Å². The quantitative estimate of drug-likeness (QED) is 0.734. The van der Waals surface area contributed by atoms with Crippen LogP contribution in [0.5, 0.6) is 5.75 Å². The average molecular weight is 189 g/mol. The third kappa shape index (κ3) is 1.27. The first-order chi connectivity index (χ1) is 6.72. The third-order valence-corrected chi connectivity index (χ3v) is 2.19. The van der Waals surface area contributed by atoms with E-state index in [4.69, 9.17) is 4.74 Å². The molecule has 72 valence electrons. The molecular weight excluding hydrogens is 178 g/mol. The molecule has 0 saturated heterocycles. The number of amides is 1. The van der Waals surface area contributed by atoms with E-state index in [1.54, 1.807) is 13.0 Å². The summed E-state index contributed by atoms with van der Waals surface area (Å²) in [6.45, 7) is 5.41. The number of rotatable bonds is 1. The van der Waals surface area contributed by atoms with Gasteiger partial charge < -0.3 is 10.1 Å². The Bertz CT molecular complexity index is 398. The van der Waals surface area contributed by atoms with Crippen molar-refractivity contribution < 1.29 is 9.53 Å². The molecular formula is C11H11NO2. The average Bonchev–Trinajstić information content (AvgIpc) is 2.19. The molecule has 1 heterocycles. The Morgan fingerprint density at radius 1 is 1.57 bits per heavy atom. The molecule has 1 unspecified atom stereocenters. The maximum absolute atomic E-state index is 11.3. The molecule has 1 aliphatic rings. The molecule has 3 heteroatoms. The second-order valence-corrected chi connectivity index (χ2v) is 3.18. The van der Waals surface area contributed by atoms with E-state index in [0.29, 0.717) is 11.4 Å². The molecule has 0 saturated carbocycles. The van der Waals surface area contributed by atoms with Crippen molar-refractivity contribution in [3.05, 3.63) is 30.3 Å². The Morgan fingerprint density at radius 3 is 3.07 bits per heavy atom. The van der Waals surface area contributed by atoms with Crippen molar-refractivity contribution in [3.8, 4) is 5.75 Å². The lowest BCUT2D eigenvalue weighted by Gasteiger charge is -2.24. The fourth-order valence-corrected chi connectivity index (χ4v) is 1.41. The first-order valence-electron chi connectivity index (χ1n) is 4.45. The van der Waals surface area contributed by atoms with E-state index < -0.39 is 6.10 Å². The summed E-state index contributed by atoms with van der Waals surface area (Å²) in [5.74, 6) is 0.591. The van der Waals surface area contributed by atoms with Crippen LogP contribution in [0.15, 0.2) is 24.8 Å². The molecule has 3 nitrogen and oxygen atoms in total. The first-order valence-corrected chi connectivity index (χ1v) is 4.45. The van der Waals surface area contributed by atoms with Gasteiger partial charge in [0, 0.05) is 5.56 Å². The van der Waals surface area contributed by atoms with Gasteiger partial charge >= 0.3 is 0 Å². The number of nitrogens with one attached hydrogen (secondary N) is 1. The minimum atomic E-state index is -0.441. The van der Waals surface area contributed by atoms with Gasteiger partial charge in [-0.15, -0.1) is 0 Å². The van der Waals surface area contributed by atoms with Gasteiger partial charge in [0.1, 0.15) is 0 Å². The Morgan fingerprint density at radius 2 is 2.36 bits per heavy atom. The third-order valence-electron chi connectivity index (χ3n) is 2.19. The van der Waals surface area contributed by atoms with Crippen molar-refractivity contribution in [2.24, 2.45) is 0 Å². The Kier molecular flexibility index (Phi) is 2.00. The molecule has 1 amide bonds. The zero-order valence-electron chi connectivity index (χ0n) is 7.91. The molecule has 1 aromatic rings. The minimum absolute atomic E-state index is 0.112. The summed E-state index contributed by atoms with van der Waals surface area (Å²) in [6, 6.07) is 5.57. The van der Waals surface area contributed by atoms with Crippen LogP contribution in [-0.2, 0) is 4.79 Å². The monoisotopic (exact) mass is 189 g/mol. The van der Waals surface area contributed by atoms with E-state index in [2.05, 4.69) is 11.9 Å². The number of hydrogen-bond donors (Lipinski definition) is 1. The van der Waals surface area contributed by atoms with Gasteiger partial charge in [0.25, 0.3) is 5.91 Å². The van der Waals surface area contributed by atoms with E-state index in [9.17, 15) is 4.79 Å². The molecule has 14 heavy (non-hydrogen) atoms. The van der Waals surface area contributed by atoms with Crippen molar-refractivity contribution >= 4 is 17.7 Å². The second kappa shape index (κ2) is 3.18. The van der Waals surface area contributed by atoms with Crippen LogP contribution in [0.4, 0.5) is 5.69 Å². The molecule has 0 spiro atoms. The van der Waals surface area contributed by atoms with E-state index in [0.717, 1.165) is 5.56 Å². The zero-order valence-corrected chi connectivity index (χ0v) is 7.91. The van der Waals surface area contributed by atoms with Crippen molar-refractivity contribution in [1.82, 2.24) is 0 Å². The number of anilines is 1. The second-order valence-electron chi connectivity index (χ2n) is 3.18. The van der Waals surface area contributed by atoms with Crippen LogP contribution in [0.2, 0.25) is 0 Å². The highest BCUT2D eigenvalue weighted by Gasteiger charge is 2.24. The van der Waals surface area contributed by atoms with Crippen molar-refractivity contribution in [2.45, 2.75) is 13.0 Å². The Labute approximate surface area is 82.4 Å². The summed E-state index contributed by atoms with van der Waals surface area (Å²) >= 11 is 0.